The standard InChI is InChI=1S/C13H9Cl2F3N2O3S/c14-8-1-9(15)3-10(2-8)24(22,23)20-6-7-5-19-12(4-11(7)21)13(16,17)18/h1-5,20H,6H2,(H,19,21). The number of rotatable bonds is 4. The molecule has 2 N–H and O–H groups in total. The van der Waals surface area contributed by atoms with E-state index in [4.69, 9.17) is 23.2 Å². The molecule has 0 aliphatic carbocycles. The minimum atomic E-state index is -4.70. The molecule has 2 aromatic rings. The first-order chi connectivity index (χ1) is 11.0. The maximum atomic E-state index is 12.5. The fourth-order valence-electron chi connectivity index (χ4n) is 1.74. The Morgan fingerprint density at radius 3 is 2.17 bits per heavy atom. The second-order valence-electron chi connectivity index (χ2n) is 4.66. The number of hydrogen-bond acceptors (Lipinski definition) is 3. The van der Waals surface area contributed by atoms with Crippen molar-refractivity contribution in [3.05, 3.63) is 62.0 Å². The molecule has 0 atom stereocenters. The zero-order valence-corrected chi connectivity index (χ0v) is 13.9. The summed E-state index contributed by atoms with van der Waals surface area (Å²) in [6.07, 6.45) is -3.90. The summed E-state index contributed by atoms with van der Waals surface area (Å²) in [4.78, 5) is 13.3. The molecule has 0 aliphatic rings. The molecule has 2 rings (SSSR count). The lowest BCUT2D eigenvalue weighted by atomic mass is 10.2. The van der Waals surface area contributed by atoms with Crippen molar-refractivity contribution in [1.29, 1.82) is 0 Å². The van der Waals surface area contributed by atoms with Gasteiger partial charge >= 0.3 is 6.18 Å². The van der Waals surface area contributed by atoms with Gasteiger partial charge in [-0.05, 0) is 18.2 Å². The molecular weight excluding hydrogens is 392 g/mol. The molecule has 0 amide bonds. The number of pyridine rings is 1. The van der Waals surface area contributed by atoms with Crippen LogP contribution in [0.15, 0.2) is 40.2 Å². The Hall–Kier alpha value is -1.55. The maximum absolute atomic E-state index is 12.5. The normalized spacial score (nSPS) is 12.4. The number of nitrogens with one attached hydrogen (secondary N) is 2. The first kappa shape index (κ1) is 18.8. The molecule has 0 saturated carbocycles. The molecule has 24 heavy (non-hydrogen) atoms. The van der Waals surface area contributed by atoms with Crippen molar-refractivity contribution in [2.45, 2.75) is 17.6 Å². The van der Waals surface area contributed by atoms with Gasteiger partial charge in [-0.1, -0.05) is 23.2 Å². The van der Waals surface area contributed by atoms with Gasteiger partial charge in [0.25, 0.3) is 0 Å². The van der Waals surface area contributed by atoms with E-state index in [-0.39, 0.29) is 20.5 Å². The molecule has 0 unspecified atom stereocenters. The molecule has 0 fully saturated rings. The number of H-pyrrole nitrogens is 1. The number of halogens is 5. The van der Waals surface area contributed by atoms with Crippen LogP contribution in [0.1, 0.15) is 11.3 Å². The Bertz CT molecular complexity index is 907. The third kappa shape index (κ3) is 4.50. The summed E-state index contributed by atoms with van der Waals surface area (Å²) in [6.45, 7) is -0.500. The lowest BCUT2D eigenvalue weighted by Crippen LogP contribution is -2.27. The van der Waals surface area contributed by atoms with Gasteiger partial charge in [-0.25, -0.2) is 13.1 Å². The molecule has 0 spiro atoms. The van der Waals surface area contributed by atoms with Crippen LogP contribution >= 0.6 is 23.2 Å². The lowest BCUT2D eigenvalue weighted by molar-refractivity contribution is -0.141. The van der Waals surface area contributed by atoms with E-state index in [0.717, 1.165) is 18.3 Å². The van der Waals surface area contributed by atoms with Crippen molar-refractivity contribution in [2.75, 3.05) is 0 Å². The Morgan fingerprint density at radius 2 is 1.67 bits per heavy atom. The van der Waals surface area contributed by atoms with Crippen LogP contribution in [-0.2, 0) is 22.7 Å². The van der Waals surface area contributed by atoms with Crippen molar-refractivity contribution in [3.8, 4) is 0 Å². The van der Waals surface area contributed by atoms with Gasteiger partial charge < -0.3 is 4.98 Å². The van der Waals surface area contributed by atoms with Gasteiger partial charge in [-0.2, -0.15) is 13.2 Å². The van der Waals surface area contributed by atoms with E-state index < -0.39 is 33.9 Å². The Morgan fingerprint density at radius 1 is 1.08 bits per heavy atom. The molecule has 1 aromatic carbocycles. The highest BCUT2D eigenvalue weighted by Crippen LogP contribution is 2.26. The predicted octanol–water partition coefficient (Wildman–Crippen LogP) is 3.18. The van der Waals surface area contributed by atoms with Crippen LogP contribution in [0.2, 0.25) is 10.0 Å². The monoisotopic (exact) mass is 400 g/mol. The summed E-state index contributed by atoms with van der Waals surface area (Å²) < 4.78 is 63.7. The number of alkyl halides is 3. The van der Waals surface area contributed by atoms with Crippen LogP contribution in [0.4, 0.5) is 13.2 Å². The number of aromatic nitrogens is 1. The van der Waals surface area contributed by atoms with Crippen LogP contribution in [-0.4, -0.2) is 13.4 Å². The van der Waals surface area contributed by atoms with E-state index in [1.807, 2.05) is 4.98 Å². The maximum Gasteiger partial charge on any atom is 0.431 e. The SMILES string of the molecule is O=c1cc(C(F)(F)F)[nH]cc1CNS(=O)(=O)c1cc(Cl)cc(Cl)c1. The van der Waals surface area contributed by atoms with Crippen LogP contribution < -0.4 is 10.2 Å². The highest BCUT2D eigenvalue weighted by molar-refractivity contribution is 7.89. The Kier molecular flexibility index (Phi) is 5.28. The third-order valence-electron chi connectivity index (χ3n) is 2.90. The molecule has 1 heterocycles. The fraction of sp³-hybridized carbons (Fsp3) is 0.154. The van der Waals surface area contributed by atoms with Crippen LogP contribution in [0.25, 0.3) is 0 Å². The van der Waals surface area contributed by atoms with Crippen molar-refractivity contribution in [3.63, 3.8) is 0 Å². The van der Waals surface area contributed by atoms with Crippen LogP contribution in [0.5, 0.6) is 0 Å². The first-order valence-electron chi connectivity index (χ1n) is 6.23. The average molecular weight is 401 g/mol. The molecule has 0 aliphatic heterocycles. The van der Waals surface area contributed by atoms with Gasteiger partial charge in [0, 0.05) is 34.4 Å². The van der Waals surface area contributed by atoms with Gasteiger partial charge in [0.05, 0.1) is 4.90 Å². The summed E-state index contributed by atoms with van der Waals surface area (Å²) in [5, 5.41) is 0.186. The van der Waals surface area contributed by atoms with Gasteiger partial charge in [0.1, 0.15) is 5.69 Å². The fourth-order valence-corrected chi connectivity index (χ4v) is 3.47. The molecule has 0 saturated heterocycles. The van der Waals surface area contributed by atoms with E-state index in [2.05, 4.69) is 4.72 Å². The van der Waals surface area contributed by atoms with Gasteiger partial charge in [-0.15, -0.1) is 0 Å². The second-order valence-corrected chi connectivity index (χ2v) is 7.30. The minimum absolute atomic E-state index is 0.0928. The summed E-state index contributed by atoms with van der Waals surface area (Å²) in [5.74, 6) is 0. The molecule has 11 heteroatoms. The third-order valence-corrected chi connectivity index (χ3v) is 4.72. The number of sulfonamides is 1. The second kappa shape index (κ2) is 6.75. The molecule has 0 radical (unpaired) electrons. The molecule has 0 bridgehead atoms. The summed E-state index contributed by atoms with van der Waals surface area (Å²) >= 11 is 11.4. The predicted molar refractivity (Wildman–Crippen MR) is 82.6 cm³/mol. The molecule has 5 nitrogen and oxygen atoms in total. The van der Waals surface area contributed by atoms with Crippen molar-refractivity contribution < 1.29 is 21.6 Å². The van der Waals surface area contributed by atoms with Crippen LogP contribution in [0, 0.1) is 0 Å². The van der Waals surface area contributed by atoms with E-state index in [9.17, 15) is 26.4 Å². The van der Waals surface area contributed by atoms with Crippen LogP contribution in [0.3, 0.4) is 0 Å². The van der Waals surface area contributed by atoms with Gasteiger partial charge in [0.15, 0.2) is 5.43 Å². The van der Waals surface area contributed by atoms with E-state index in [1.54, 1.807) is 0 Å². The van der Waals surface area contributed by atoms with E-state index >= 15 is 0 Å². The zero-order valence-electron chi connectivity index (χ0n) is 11.6. The summed E-state index contributed by atoms with van der Waals surface area (Å²) in [7, 11) is -4.05. The van der Waals surface area contributed by atoms with Gasteiger partial charge in [-0.3, -0.25) is 4.79 Å². The molecular formula is C13H9Cl2F3N2O3S. The van der Waals surface area contributed by atoms with E-state index in [0.29, 0.717) is 6.07 Å². The largest absolute Gasteiger partial charge is 0.431 e. The van der Waals surface area contributed by atoms with Crippen molar-refractivity contribution in [2.24, 2.45) is 0 Å². The highest BCUT2D eigenvalue weighted by Gasteiger charge is 2.32. The lowest BCUT2D eigenvalue weighted by Gasteiger charge is -2.09. The first-order valence-corrected chi connectivity index (χ1v) is 8.47. The quantitative estimate of drug-likeness (QED) is 0.826. The average Bonchev–Trinajstić information content (AvgIpc) is 2.44. The zero-order chi connectivity index (χ0) is 18.1. The minimum Gasteiger partial charge on any atom is -0.357 e. The number of benzene rings is 1. The van der Waals surface area contributed by atoms with Crippen molar-refractivity contribution >= 4 is 33.2 Å². The van der Waals surface area contributed by atoms with Crippen molar-refractivity contribution in [1.82, 2.24) is 9.71 Å². The summed E-state index contributed by atoms with van der Waals surface area (Å²) in [5.41, 5.74) is -2.35. The smallest absolute Gasteiger partial charge is 0.357 e. The molecule has 1 aromatic heterocycles. The topological polar surface area (TPSA) is 79.0 Å². The Labute approximate surface area is 144 Å². The number of aromatic amines is 1. The van der Waals surface area contributed by atoms with E-state index in [1.165, 1.54) is 6.07 Å². The Balaban J connectivity index is 2.22. The highest BCUT2D eigenvalue weighted by atomic mass is 35.5. The van der Waals surface area contributed by atoms with Gasteiger partial charge in [0.2, 0.25) is 10.0 Å². The molecule has 130 valence electrons. The number of hydrogen-bond donors (Lipinski definition) is 2. The summed E-state index contributed by atoms with van der Waals surface area (Å²) in [6, 6.07) is 3.99.